The van der Waals surface area contributed by atoms with E-state index >= 15 is 0 Å². The van der Waals surface area contributed by atoms with Crippen molar-refractivity contribution in [2.45, 2.75) is 39.7 Å². The van der Waals surface area contributed by atoms with Crippen molar-refractivity contribution in [2.75, 3.05) is 6.61 Å². The van der Waals surface area contributed by atoms with E-state index in [1.165, 1.54) is 22.3 Å². The molecule has 1 fully saturated rings. The minimum Gasteiger partial charge on any atom is -0.396 e. The molecule has 0 bridgehead atoms. The number of rotatable bonds is 4. The summed E-state index contributed by atoms with van der Waals surface area (Å²) in [6.45, 7) is 13.1. The summed E-state index contributed by atoms with van der Waals surface area (Å²) < 4.78 is 0. The minimum absolute atomic E-state index is 0.215. The Morgan fingerprint density at radius 3 is 2.73 bits per heavy atom. The first-order valence-electron chi connectivity index (χ1n) is 8.11. The maximum absolute atomic E-state index is 9.60. The van der Waals surface area contributed by atoms with Crippen LogP contribution in [0.3, 0.4) is 0 Å². The van der Waals surface area contributed by atoms with Crippen molar-refractivity contribution in [3.63, 3.8) is 0 Å². The van der Waals surface area contributed by atoms with E-state index < -0.39 is 0 Å². The predicted molar refractivity (Wildman–Crippen MR) is 92.7 cm³/mol. The fraction of sp³-hybridized carbons (Fsp3) is 0.450. The van der Waals surface area contributed by atoms with Crippen LogP contribution >= 0.6 is 0 Å². The summed E-state index contributed by atoms with van der Waals surface area (Å²) in [4.78, 5) is 4.92. The number of hydrogen-bond donors (Lipinski definition) is 1. The number of allylic oxidation sites excluding steroid dienone is 3. The summed E-state index contributed by atoms with van der Waals surface area (Å²) in [6, 6.07) is 4.69. The van der Waals surface area contributed by atoms with Gasteiger partial charge in [0.15, 0.2) is 0 Å². The molecule has 2 aliphatic rings. The van der Waals surface area contributed by atoms with Crippen molar-refractivity contribution < 1.29 is 5.11 Å². The van der Waals surface area contributed by atoms with Gasteiger partial charge in [-0.1, -0.05) is 44.2 Å². The molecular weight excluding hydrogens is 270 g/mol. The molecule has 1 aliphatic heterocycles. The van der Waals surface area contributed by atoms with E-state index in [4.69, 9.17) is 4.99 Å². The van der Waals surface area contributed by atoms with Gasteiger partial charge in [-0.15, -0.1) is 0 Å². The first-order valence-corrected chi connectivity index (χ1v) is 8.11. The standard InChI is InChI=1S/C20H25NO/c1-11(2)6-7-13(4)19-15-9-12(3)8-14(5)17(15)18-16(10-22)20(18)21-19/h6-9,11,16,18,20,22H,4,10H2,1-3,5H3/b7-6-. The number of hydrogen-bond acceptors (Lipinski definition) is 2. The zero-order chi connectivity index (χ0) is 16.0. The molecule has 3 rings (SSSR count). The number of fused-ring (bicyclic) bond motifs is 3. The van der Waals surface area contributed by atoms with Crippen molar-refractivity contribution in [1.82, 2.24) is 0 Å². The maximum Gasteiger partial charge on any atom is 0.0719 e. The van der Waals surface area contributed by atoms with Gasteiger partial charge in [-0.05, 0) is 42.5 Å². The third-order valence-corrected chi connectivity index (χ3v) is 4.72. The highest BCUT2D eigenvalue weighted by atomic mass is 16.3. The Balaban J connectivity index is 2.07. The number of benzene rings is 1. The van der Waals surface area contributed by atoms with Crippen LogP contribution in [0.2, 0.25) is 0 Å². The lowest BCUT2D eigenvalue weighted by molar-refractivity contribution is 0.272. The lowest BCUT2D eigenvalue weighted by atomic mass is 9.88. The van der Waals surface area contributed by atoms with E-state index in [0.29, 0.717) is 11.8 Å². The van der Waals surface area contributed by atoms with E-state index in [0.717, 1.165) is 11.3 Å². The zero-order valence-corrected chi connectivity index (χ0v) is 13.9. The Hall–Kier alpha value is -1.67. The van der Waals surface area contributed by atoms with Gasteiger partial charge in [-0.3, -0.25) is 4.99 Å². The quantitative estimate of drug-likeness (QED) is 0.838. The van der Waals surface area contributed by atoms with E-state index in [1.54, 1.807) is 0 Å². The molecule has 1 saturated carbocycles. The molecular formula is C20H25NO. The van der Waals surface area contributed by atoms with Gasteiger partial charge < -0.3 is 5.11 Å². The van der Waals surface area contributed by atoms with Gasteiger partial charge in [0.1, 0.15) is 0 Å². The van der Waals surface area contributed by atoms with E-state index in [2.05, 4.69) is 58.6 Å². The summed E-state index contributed by atoms with van der Waals surface area (Å²) in [7, 11) is 0. The van der Waals surface area contributed by atoms with E-state index in [9.17, 15) is 5.11 Å². The molecule has 0 aromatic heterocycles. The molecule has 3 unspecified atom stereocenters. The molecule has 2 nitrogen and oxygen atoms in total. The second-order valence-corrected chi connectivity index (χ2v) is 7.01. The van der Waals surface area contributed by atoms with Crippen LogP contribution in [-0.4, -0.2) is 23.5 Å². The monoisotopic (exact) mass is 295 g/mol. The second-order valence-electron chi connectivity index (χ2n) is 7.01. The highest BCUT2D eigenvalue weighted by Crippen LogP contribution is 2.55. The van der Waals surface area contributed by atoms with Gasteiger partial charge in [0.2, 0.25) is 0 Å². The molecule has 3 atom stereocenters. The van der Waals surface area contributed by atoms with Gasteiger partial charge >= 0.3 is 0 Å². The number of aliphatic hydroxyl groups is 1. The summed E-state index contributed by atoms with van der Waals surface area (Å²) in [5.41, 5.74) is 7.14. The first-order chi connectivity index (χ1) is 10.4. The van der Waals surface area contributed by atoms with Crippen LogP contribution in [0.5, 0.6) is 0 Å². The molecule has 0 amide bonds. The fourth-order valence-electron chi connectivity index (χ4n) is 3.62. The maximum atomic E-state index is 9.60. The number of aliphatic imine (C=N–C) groups is 1. The summed E-state index contributed by atoms with van der Waals surface area (Å²) in [6.07, 6.45) is 4.25. The van der Waals surface area contributed by atoms with Gasteiger partial charge in [0, 0.05) is 24.0 Å². The second kappa shape index (κ2) is 5.51. The summed E-state index contributed by atoms with van der Waals surface area (Å²) in [5.74, 6) is 1.17. The Bertz CT molecular complexity index is 681. The predicted octanol–water partition coefficient (Wildman–Crippen LogP) is 3.95. The molecule has 0 radical (unpaired) electrons. The van der Waals surface area contributed by atoms with Crippen molar-refractivity contribution in [2.24, 2.45) is 16.8 Å². The Kier molecular flexibility index (Phi) is 3.82. The van der Waals surface area contributed by atoms with Gasteiger partial charge in [-0.25, -0.2) is 0 Å². The molecule has 22 heavy (non-hydrogen) atoms. The highest BCUT2D eigenvalue weighted by Gasteiger charge is 2.54. The number of aryl methyl sites for hydroxylation is 2. The normalized spacial score (nSPS) is 25.9. The molecule has 0 saturated heterocycles. The smallest absolute Gasteiger partial charge is 0.0719 e. The average molecular weight is 295 g/mol. The third-order valence-electron chi connectivity index (χ3n) is 4.72. The molecule has 1 aromatic carbocycles. The SMILES string of the molecule is C=C(/C=C\C(C)C)C1=NC2C(CO)C2c2c(C)cc(C)cc21. The van der Waals surface area contributed by atoms with Crippen molar-refractivity contribution >= 4 is 5.71 Å². The Morgan fingerprint density at radius 1 is 1.36 bits per heavy atom. The molecule has 1 aliphatic carbocycles. The van der Waals surface area contributed by atoms with Crippen LogP contribution in [-0.2, 0) is 0 Å². The van der Waals surface area contributed by atoms with Crippen LogP contribution in [0.15, 0.2) is 41.4 Å². The molecule has 116 valence electrons. The summed E-state index contributed by atoms with van der Waals surface area (Å²) >= 11 is 0. The highest BCUT2D eigenvalue weighted by molar-refractivity contribution is 6.16. The lowest BCUT2D eigenvalue weighted by Gasteiger charge is -2.20. The van der Waals surface area contributed by atoms with Gasteiger partial charge in [-0.2, -0.15) is 0 Å². The van der Waals surface area contributed by atoms with Crippen molar-refractivity contribution in [3.8, 4) is 0 Å². The van der Waals surface area contributed by atoms with Crippen molar-refractivity contribution in [1.29, 1.82) is 0 Å². The molecule has 1 N–H and O–H groups in total. The van der Waals surface area contributed by atoms with Crippen LogP contribution in [0, 0.1) is 25.7 Å². The molecule has 2 heteroatoms. The van der Waals surface area contributed by atoms with E-state index in [1.807, 2.05) is 0 Å². The topological polar surface area (TPSA) is 32.6 Å². The lowest BCUT2D eigenvalue weighted by Crippen LogP contribution is -2.14. The summed E-state index contributed by atoms with van der Waals surface area (Å²) in [5, 5.41) is 9.60. The fourth-order valence-corrected chi connectivity index (χ4v) is 3.62. The van der Waals surface area contributed by atoms with Crippen LogP contribution < -0.4 is 0 Å². The number of aliphatic hydroxyl groups excluding tert-OH is 1. The Morgan fingerprint density at radius 2 is 2.09 bits per heavy atom. The van der Waals surface area contributed by atoms with Crippen LogP contribution in [0.25, 0.3) is 0 Å². The van der Waals surface area contributed by atoms with Crippen LogP contribution in [0.1, 0.15) is 42.0 Å². The van der Waals surface area contributed by atoms with E-state index in [-0.39, 0.29) is 18.6 Å². The Labute approximate surface area is 133 Å². The van der Waals surface area contributed by atoms with Crippen LogP contribution in [0.4, 0.5) is 0 Å². The van der Waals surface area contributed by atoms with Crippen molar-refractivity contribution in [3.05, 3.63) is 58.7 Å². The number of nitrogens with zero attached hydrogens (tertiary/aromatic N) is 1. The third kappa shape index (κ3) is 2.46. The largest absolute Gasteiger partial charge is 0.396 e. The molecule has 0 spiro atoms. The van der Waals surface area contributed by atoms with Gasteiger partial charge in [0.05, 0.1) is 11.8 Å². The minimum atomic E-state index is 0.215. The molecule has 1 aromatic rings. The van der Waals surface area contributed by atoms with Gasteiger partial charge in [0.25, 0.3) is 0 Å². The zero-order valence-electron chi connectivity index (χ0n) is 13.9. The molecule has 1 heterocycles. The average Bonchev–Trinajstić information content (AvgIpc) is 3.15. The first kappa shape index (κ1) is 15.2.